The molecule has 1 aromatic heterocycles. The first kappa shape index (κ1) is 11.2. The Labute approximate surface area is 94.5 Å². The largest absolute Gasteiger partial charge is 0.478 e. The molecule has 0 aliphatic rings. The fourth-order valence-corrected chi connectivity index (χ4v) is 1.22. The number of carboxylic acid groups (broad SMARTS) is 1. The van der Waals surface area contributed by atoms with E-state index in [1.165, 1.54) is 12.3 Å². The van der Waals surface area contributed by atoms with Crippen LogP contribution in [0.1, 0.15) is 15.9 Å². The quantitative estimate of drug-likeness (QED) is 0.682. The molecular weight excluding hydrogens is 269 g/mol. The van der Waals surface area contributed by atoms with E-state index < -0.39 is 5.97 Å². The lowest BCUT2D eigenvalue weighted by atomic mass is 10.2. The zero-order valence-electron chi connectivity index (χ0n) is 7.08. The predicted molar refractivity (Wildman–Crippen MR) is 59.0 cm³/mol. The van der Waals surface area contributed by atoms with Crippen LogP contribution in [0.15, 0.2) is 18.3 Å². The van der Waals surface area contributed by atoms with Crippen LogP contribution in [0.25, 0.3) is 6.08 Å². The van der Waals surface area contributed by atoms with Crippen LogP contribution in [0.5, 0.6) is 0 Å². The normalized spacial score (nSPS) is 10.7. The number of rotatable bonds is 3. The molecule has 3 nitrogen and oxygen atoms in total. The Morgan fingerprint density at radius 3 is 3.00 bits per heavy atom. The topological polar surface area (TPSA) is 50.2 Å². The molecule has 1 N–H and O–H groups in total. The van der Waals surface area contributed by atoms with Gasteiger partial charge in [0.05, 0.1) is 5.56 Å². The highest BCUT2D eigenvalue weighted by Gasteiger charge is 2.06. The second kappa shape index (κ2) is 5.12. The van der Waals surface area contributed by atoms with Gasteiger partial charge in [-0.2, -0.15) is 0 Å². The maximum absolute atomic E-state index is 10.6. The molecule has 74 valence electrons. The van der Waals surface area contributed by atoms with Crippen molar-refractivity contribution in [2.75, 3.05) is 5.33 Å². The van der Waals surface area contributed by atoms with Crippen molar-refractivity contribution >= 4 is 39.6 Å². The summed E-state index contributed by atoms with van der Waals surface area (Å²) in [6, 6.07) is 1.48. The third kappa shape index (κ3) is 2.82. The fourth-order valence-electron chi connectivity index (χ4n) is 0.870. The maximum atomic E-state index is 10.6. The van der Waals surface area contributed by atoms with Crippen LogP contribution in [0.3, 0.4) is 0 Å². The van der Waals surface area contributed by atoms with Gasteiger partial charge >= 0.3 is 5.97 Å². The first-order chi connectivity index (χ1) is 6.65. The lowest BCUT2D eigenvalue weighted by Gasteiger charge is -1.98. The average molecular weight is 277 g/mol. The zero-order valence-corrected chi connectivity index (χ0v) is 9.42. The Kier molecular flexibility index (Phi) is 4.10. The van der Waals surface area contributed by atoms with Gasteiger partial charge in [0, 0.05) is 17.1 Å². The van der Waals surface area contributed by atoms with Crippen molar-refractivity contribution in [3.63, 3.8) is 0 Å². The lowest BCUT2D eigenvalue weighted by molar-refractivity contribution is 0.0696. The van der Waals surface area contributed by atoms with Crippen molar-refractivity contribution in [1.82, 2.24) is 4.98 Å². The molecule has 0 amide bonds. The number of hydrogen-bond acceptors (Lipinski definition) is 2. The van der Waals surface area contributed by atoms with E-state index in [4.69, 9.17) is 16.7 Å². The number of alkyl halides is 1. The van der Waals surface area contributed by atoms with Gasteiger partial charge < -0.3 is 5.11 Å². The second-order valence-corrected chi connectivity index (χ2v) is 3.47. The molecule has 0 radical (unpaired) electrons. The number of nitrogens with zero attached hydrogens (tertiary/aromatic N) is 1. The Morgan fingerprint density at radius 2 is 2.43 bits per heavy atom. The molecule has 14 heavy (non-hydrogen) atoms. The molecule has 0 atom stereocenters. The molecule has 0 spiro atoms. The third-order valence-electron chi connectivity index (χ3n) is 1.50. The summed E-state index contributed by atoms with van der Waals surface area (Å²) in [5.41, 5.74) is 0.731. The van der Waals surface area contributed by atoms with Crippen LogP contribution in [0, 0.1) is 0 Å². The Bertz CT molecular complexity index is 379. The summed E-state index contributed by atoms with van der Waals surface area (Å²) in [5, 5.41) is 9.69. The minimum atomic E-state index is -1.01. The van der Waals surface area contributed by atoms with E-state index >= 15 is 0 Å². The number of hydrogen-bond donors (Lipinski definition) is 1. The Hall–Kier alpha value is -0.870. The van der Waals surface area contributed by atoms with E-state index in [9.17, 15) is 4.79 Å². The molecule has 0 unspecified atom stereocenters. The standard InChI is InChI=1S/C9H7BrClNO2/c10-3-1-2-6-4-7(9(13)14)5-12-8(6)11/h1-2,4-5H,3H2,(H,13,14). The number of allylic oxidation sites excluding steroid dienone is 1. The van der Waals surface area contributed by atoms with Crippen LogP contribution in [0.4, 0.5) is 0 Å². The van der Waals surface area contributed by atoms with Gasteiger partial charge in [0.1, 0.15) is 5.15 Å². The van der Waals surface area contributed by atoms with E-state index in [1.54, 1.807) is 6.08 Å². The van der Waals surface area contributed by atoms with Crippen LogP contribution >= 0.6 is 27.5 Å². The SMILES string of the molecule is O=C(O)c1cnc(Cl)c(C=CCBr)c1. The second-order valence-electron chi connectivity index (χ2n) is 2.47. The van der Waals surface area contributed by atoms with E-state index in [2.05, 4.69) is 20.9 Å². The number of halogens is 2. The maximum Gasteiger partial charge on any atom is 0.337 e. The van der Waals surface area contributed by atoms with Gasteiger partial charge in [-0.15, -0.1) is 0 Å². The molecule has 0 aliphatic heterocycles. The lowest BCUT2D eigenvalue weighted by Crippen LogP contribution is -1.98. The summed E-state index contributed by atoms with van der Waals surface area (Å²) >= 11 is 8.98. The molecule has 5 heteroatoms. The Morgan fingerprint density at radius 1 is 1.71 bits per heavy atom. The van der Waals surface area contributed by atoms with Gasteiger partial charge in [0.25, 0.3) is 0 Å². The monoisotopic (exact) mass is 275 g/mol. The molecule has 1 heterocycles. The van der Waals surface area contributed by atoms with Crippen LogP contribution in [0.2, 0.25) is 5.15 Å². The van der Waals surface area contributed by atoms with Crippen molar-refractivity contribution in [2.24, 2.45) is 0 Å². The van der Waals surface area contributed by atoms with Gasteiger partial charge in [-0.3, -0.25) is 0 Å². The molecule has 0 bridgehead atoms. The predicted octanol–water partition coefficient (Wildman–Crippen LogP) is 2.84. The number of carbonyl (C=O) groups is 1. The summed E-state index contributed by atoms with van der Waals surface area (Å²) in [6.45, 7) is 0. The number of pyridine rings is 1. The third-order valence-corrected chi connectivity index (χ3v) is 2.19. The van der Waals surface area contributed by atoms with Gasteiger partial charge in [0.15, 0.2) is 0 Å². The van der Waals surface area contributed by atoms with Gasteiger partial charge in [0.2, 0.25) is 0 Å². The Balaban J connectivity index is 3.08. The highest BCUT2D eigenvalue weighted by Crippen LogP contribution is 2.16. The number of carboxylic acids is 1. The minimum Gasteiger partial charge on any atom is -0.478 e. The van der Waals surface area contributed by atoms with E-state index in [0.29, 0.717) is 16.0 Å². The van der Waals surface area contributed by atoms with Crippen molar-refractivity contribution in [1.29, 1.82) is 0 Å². The van der Waals surface area contributed by atoms with Gasteiger partial charge in [-0.1, -0.05) is 39.7 Å². The highest BCUT2D eigenvalue weighted by atomic mass is 79.9. The minimum absolute atomic E-state index is 0.128. The van der Waals surface area contributed by atoms with Crippen LogP contribution in [-0.2, 0) is 0 Å². The van der Waals surface area contributed by atoms with E-state index in [1.807, 2.05) is 6.08 Å². The first-order valence-electron chi connectivity index (χ1n) is 3.76. The molecule has 1 rings (SSSR count). The summed E-state index contributed by atoms with van der Waals surface area (Å²) in [7, 11) is 0. The molecule has 0 aliphatic carbocycles. The fraction of sp³-hybridized carbons (Fsp3) is 0.111. The average Bonchev–Trinajstić information content (AvgIpc) is 2.16. The summed E-state index contributed by atoms with van der Waals surface area (Å²) < 4.78 is 0. The number of aromatic carboxylic acids is 1. The molecule has 0 saturated carbocycles. The van der Waals surface area contributed by atoms with Gasteiger partial charge in [-0.05, 0) is 6.07 Å². The van der Waals surface area contributed by atoms with E-state index in [-0.39, 0.29) is 5.56 Å². The smallest absolute Gasteiger partial charge is 0.337 e. The first-order valence-corrected chi connectivity index (χ1v) is 5.26. The van der Waals surface area contributed by atoms with Crippen LogP contribution < -0.4 is 0 Å². The van der Waals surface area contributed by atoms with Crippen molar-refractivity contribution in [3.8, 4) is 0 Å². The van der Waals surface area contributed by atoms with E-state index in [0.717, 1.165) is 0 Å². The van der Waals surface area contributed by atoms with Crippen molar-refractivity contribution in [3.05, 3.63) is 34.6 Å². The molecule has 1 aromatic rings. The molecule has 0 fully saturated rings. The van der Waals surface area contributed by atoms with Gasteiger partial charge in [-0.25, -0.2) is 9.78 Å². The molecule has 0 aromatic carbocycles. The van der Waals surface area contributed by atoms with Crippen molar-refractivity contribution < 1.29 is 9.90 Å². The summed E-state index contributed by atoms with van der Waals surface area (Å²) in [5.74, 6) is -1.01. The summed E-state index contributed by atoms with van der Waals surface area (Å²) in [6.07, 6.45) is 4.77. The van der Waals surface area contributed by atoms with Crippen molar-refractivity contribution in [2.45, 2.75) is 0 Å². The molecule has 0 saturated heterocycles. The number of aromatic nitrogens is 1. The summed E-state index contributed by atoms with van der Waals surface area (Å²) in [4.78, 5) is 14.4. The molecular formula is C9H7BrClNO2. The highest BCUT2D eigenvalue weighted by molar-refractivity contribution is 9.09. The zero-order chi connectivity index (χ0) is 10.6. The van der Waals surface area contributed by atoms with Crippen LogP contribution in [-0.4, -0.2) is 21.4 Å².